The summed E-state index contributed by atoms with van der Waals surface area (Å²) in [7, 11) is 3.40. The number of aliphatic hydroxyl groups excluding tert-OH is 2. The number of methoxy groups -OCH3 is 1. The van der Waals surface area contributed by atoms with Crippen LogP contribution in [0.3, 0.4) is 0 Å². The molecule has 258 valence electrons. The number of carbonyl (C=O) groups is 2. The van der Waals surface area contributed by atoms with Crippen LogP contribution < -0.4 is 0 Å². The van der Waals surface area contributed by atoms with Gasteiger partial charge in [-0.3, -0.25) is 4.79 Å². The monoisotopic (exact) mass is 656 g/mol. The molecule has 1 aromatic rings. The van der Waals surface area contributed by atoms with Crippen molar-refractivity contribution in [1.82, 2.24) is 9.55 Å². The summed E-state index contributed by atoms with van der Waals surface area (Å²) < 4.78 is 38.1. The van der Waals surface area contributed by atoms with Crippen molar-refractivity contribution in [3.8, 4) is 0 Å². The number of carbonyl (C=O) groups excluding carboxylic acids is 2. The number of ether oxygens (including phenoxy) is 6. The predicted molar refractivity (Wildman–Crippen MR) is 170 cm³/mol. The summed E-state index contributed by atoms with van der Waals surface area (Å²) in [5.74, 6) is -1.90. The molecule has 12 nitrogen and oxygen atoms in total. The molecule has 4 heterocycles. The minimum Gasteiger partial charge on any atom is -0.456 e. The second-order valence-electron chi connectivity index (χ2n) is 13.6. The maximum Gasteiger partial charge on any atom is 0.331 e. The molecule has 47 heavy (non-hydrogen) atoms. The Hall–Kier alpha value is -3.13. The molecule has 0 aromatic carbocycles. The number of hydrogen-bond acceptors (Lipinski definition) is 11. The third kappa shape index (κ3) is 7.48. The SMILES string of the molecule is CO[C@]12C=C[C@](C)(O1)[C@@H](OC(=O)/C=C/c1cn(C)cn1)C[C@H]1C(C)=CC[C@H](C(C)C)[C@H]1/C=C\2CO[C@H]1OC[C@H](O)[C@H](O)[C@@H]1OC(C)=O. The third-order valence-electron chi connectivity index (χ3n) is 9.88. The largest absolute Gasteiger partial charge is 0.456 e. The van der Waals surface area contributed by atoms with Crippen LogP contribution in [0.5, 0.6) is 0 Å². The maximum absolute atomic E-state index is 13.3. The molecule has 1 saturated heterocycles. The summed E-state index contributed by atoms with van der Waals surface area (Å²) in [5, 5.41) is 20.8. The smallest absolute Gasteiger partial charge is 0.331 e. The van der Waals surface area contributed by atoms with Gasteiger partial charge < -0.3 is 43.2 Å². The van der Waals surface area contributed by atoms with Crippen LogP contribution in [-0.2, 0) is 45.1 Å². The number of aryl methyl sites for hydroxylation is 1. The molecule has 10 atom stereocenters. The van der Waals surface area contributed by atoms with Crippen LogP contribution >= 0.6 is 0 Å². The van der Waals surface area contributed by atoms with Gasteiger partial charge in [-0.25, -0.2) is 9.78 Å². The molecule has 4 aliphatic rings. The number of nitrogens with zero attached hydrogens (tertiary/aromatic N) is 2. The van der Waals surface area contributed by atoms with Gasteiger partial charge in [-0.05, 0) is 68.6 Å². The first kappa shape index (κ1) is 35.2. The topological polar surface area (TPSA) is 148 Å². The summed E-state index contributed by atoms with van der Waals surface area (Å²) in [6.07, 6.45) is 10.3. The molecule has 2 N–H and O–H groups in total. The van der Waals surface area contributed by atoms with E-state index in [4.69, 9.17) is 28.4 Å². The van der Waals surface area contributed by atoms with Gasteiger partial charge in [0.15, 0.2) is 12.4 Å². The van der Waals surface area contributed by atoms with Gasteiger partial charge in [0.25, 0.3) is 0 Å². The van der Waals surface area contributed by atoms with Crippen molar-refractivity contribution in [2.75, 3.05) is 20.3 Å². The molecule has 1 aliphatic carbocycles. The van der Waals surface area contributed by atoms with Crippen LogP contribution in [0.25, 0.3) is 6.08 Å². The maximum atomic E-state index is 13.3. The van der Waals surface area contributed by atoms with Crippen LogP contribution in [0.4, 0.5) is 0 Å². The molecule has 1 aromatic heterocycles. The molecule has 5 rings (SSSR count). The van der Waals surface area contributed by atoms with E-state index in [0.717, 1.165) is 6.42 Å². The minimum atomic E-state index is -1.39. The molecule has 0 spiro atoms. The van der Waals surface area contributed by atoms with E-state index in [1.807, 2.05) is 26.1 Å². The molecule has 1 fully saturated rings. The van der Waals surface area contributed by atoms with E-state index in [9.17, 15) is 19.8 Å². The number of allylic oxidation sites excluding steroid dienone is 3. The highest BCUT2D eigenvalue weighted by molar-refractivity contribution is 5.86. The number of aromatic nitrogens is 2. The molecule has 12 heteroatoms. The molecule has 0 radical (unpaired) electrons. The summed E-state index contributed by atoms with van der Waals surface area (Å²) in [4.78, 5) is 29.4. The number of aliphatic hydroxyl groups is 2. The molecule has 2 bridgehead atoms. The lowest BCUT2D eigenvalue weighted by atomic mass is 9.65. The fraction of sp³-hybridized carbons (Fsp3) is 0.629. The van der Waals surface area contributed by atoms with Gasteiger partial charge in [0.1, 0.15) is 23.9 Å². The van der Waals surface area contributed by atoms with Gasteiger partial charge in [0.05, 0.1) is 25.2 Å². The molecule has 0 amide bonds. The van der Waals surface area contributed by atoms with Crippen molar-refractivity contribution in [3.05, 3.63) is 59.7 Å². The molecule has 0 saturated carbocycles. The lowest BCUT2D eigenvalue weighted by Crippen LogP contribution is -2.55. The van der Waals surface area contributed by atoms with Gasteiger partial charge in [-0.1, -0.05) is 31.6 Å². The number of esters is 2. The van der Waals surface area contributed by atoms with E-state index in [0.29, 0.717) is 23.6 Å². The molecular formula is C35H48N2O10. The van der Waals surface area contributed by atoms with Gasteiger partial charge in [0, 0.05) is 38.9 Å². The Labute approximate surface area is 276 Å². The summed E-state index contributed by atoms with van der Waals surface area (Å²) in [6, 6.07) is 0. The summed E-state index contributed by atoms with van der Waals surface area (Å²) in [6.45, 7) is 9.36. The van der Waals surface area contributed by atoms with Gasteiger partial charge in [0.2, 0.25) is 5.79 Å². The quantitative estimate of drug-likeness (QED) is 0.229. The fourth-order valence-corrected chi connectivity index (χ4v) is 7.17. The number of fused-ring (bicyclic) bond motifs is 3. The Morgan fingerprint density at radius 1 is 1.23 bits per heavy atom. The van der Waals surface area contributed by atoms with E-state index in [1.165, 1.54) is 18.6 Å². The zero-order valence-electron chi connectivity index (χ0n) is 28.2. The number of imidazole rings is 1. The van der Waals surface area contributed by atoms with E-state index in [2.05, 4.69) is 37.9 Å². The second kappa shape index (κ2) is 14.2. The van der Waals surface area contributed by atoms with Gasteiger partial charge in [-0.15, -0.1) is 0 Å². The highest BCUT2D eigenvalue weighted by atomic mass is 16.7. The lowest BCUT2D eigenvalue weighted by molar-refractivity contribution is -0.277. The van der Waals surface area contributed by atoms with Crippen molar-refractivity contribution in [2.24, 2.45) is 30.7 Å². The van der Waals surface area contributed by atoms with Crippen molar-refractivity contribution in [2.45, 2.75) is 89.6 Å². The Balaban J connectivity index is 1.49. The zero-order valence-corrected chi connectivity index (χ0v) is 28.2. The van der Waals surface area contributed by atoms with Gasteiger partial charge in [-0.2, -0.15) is 0 Å². The molecular weight excluding hydrogens is 608 g/mol. The Kier molecular flexibility index (Phi) is 10.6. The first-order chi connectivity index (χ1) is 22.2. The molecule has 0 unspecified atom stereocenters. The first-order valence-electron chi connectivity index (χ1n) is 16.2. The number of rotatable bonds is 9. The van der Waals surface area contributed by atoms with Crippen molar-refractivity contribution >= 4 is 18.0 Å². The van der Waals surface area contributed by atoms with Crippen LogP contribution in [0, 0.1) is 23.7 Å². The average molecular weight is 657 g/mol. The van der Waals surface area contributed by atoms with Crippen LogP contribution in [0.15, 0.2) is 54.1 Å². The average Bonchev–Trinajstić information content (AvgIpc) is 3.61. The van der Waals surface area contributed by atoms with E-state index in [1.54, 1.807) is 30.3 Å². The van der Waals surface area contributed by atoms with E-state index >= 15 is 0 Å². The summed E-state index contributed by atoms with van der Waals surface area (Å²) in [5.41, 5.74) is 1.43. The predicted octanol–water partition coefficient (Wildman–Crippen LogP) is 3.24. The third-order valence-corrected chi connectivity index (χ3v) is 9.88. The molecule has 3 aliphatic heterocycles. The van der Waals surface area contributed by atoms with Crippen molar-refractivity contribution < 1.29 is 48.2 Å². The zero-order chi connectivity index (χ0) is 34.1. The fourth-order valence-electron chi connectivity index (χ4n) is 7.17. The summed E-state index contributed by atoms with van der Waals surface area (Å²) >= 11 is 0. The second-order valence-corrected chi connectivity index (χ2v) is 13.6. The highest BCUT2D eigenvalue weighted by Crippen LogP contribution is 2.49. The Morgan fingerprint density at radius 3 is 2.66 bits per heavy atom. The number of hydrogen-bond donors (Lipinski definition) is 2. The Bertz CT molecular complexity index is 1430. The van der Waals surface area contributed by atoms with Crippen molar-refractivity contribution in [3.63, 3.8) is 0 Å². The van der Waals surface area contributed by atoms with Crippen LogP contribution in [0.2, 0.25) is 0 Å². The minimum absolute atomic E-state index is 0.0137. The normalized spacial score (nSPS) is 38.2. The van der Waals surface area contributed by atoms with Crippen molar-refractivity contribution in [1.29, 1.82) is 0 Å². The van der Waals surface area contributed by atoms with Crippen LogP contribution in [-0.4, -0.2) is 94.1 Å². The van der Waals surface area contributed by atoms with E-state index < -0.39 is 54.0 Å². The van der Waals surface area contributed by atoms with Gasteiger partial charge >= 0.3 is 11.9 Å². The first-order valence-corrected chi connectivity index (χ1v) is 16.2. The highest BCUT2D eigenvalue weighted by Gasteiger charge is 2.54. The van der Waals surface area contributed by atoms with E-state index in [-0.39, 0.29) is 31.0 Å². The lowest BCUT2D eigenvalue weighted by Gasteiger charge is -2.41. The van der Waals surface area contributed by atoms with Crippen LogP contribution in [0.1, 0.15) is 53.2 Å². The Morgan fingerprint density at radius 2 is 2.00 bits per heavy atom. The standard InChI is InChI=1S/C35H48N2O10/c1-20(2)25-10-8-21(3)26-15-29(46-30(40)11-9-24-16-37(6)19-36-24)34(5)12-13-35(42-7,47-34)23(14-27(25)26)17-43-33-32(45-22(4)38)31(41)28(39)18-44-33/h8-9,11-14,16,19-20,25-29,31-33,39,41H,10,15,17-18H2,1-7H3/b11-9+,23-14-/t25-,26+,27-,28+,29+,31+,32+,33+,34+,35-/m1/s1.